The van der Waals surface area contributed by atoms with Gasteiger partial charge in [0.25, 0.3) is 0 Å². The van der Waals surface area contributed by atoms with Crippen LogP contribution in [-0.2, 0) is 13.1 Å². The molecule has 0 radical (unpaired) electrons. The molecule has 0 unspecified atom stereocenters. The van der Waals surface area contributed by atoms with E-state index >= 15 is 0 Å². The van der Waals surface area contributed by atoms with Gasteiger partial charge in [-0.2, -0.15) is 0 Å². The highest BCUT2D eigenvalue weighted by Crippen LogP contribution is 2.26. The van der Waals surface area contributed by atoms with Crippen LogP contribution in [0.5, 0.6) is 0 Å². The Kier molecular flexibility index (Phi) is 3.40. The molecule has 104 valence electrons. The second-order valence-corrected chi connectivity index (χ2v) is 5.51. The summed E-state index contributed by atoms with van der Waals surface area (Å²) in [6.45, 7) is 3.83. The lowest BCUT2D eigenvalue weighted by molar-refractivity contribution is 0.766. The first kappa shape index (κ1) is 13.1. The minimum Gasteiger partial charge on any atom is -0.380 e. The molecule has 6 heteroatoms. The van der Waals surface area contributed by atoms with Gasteiger partial charge in [0.1, 0.15) is 0 Å². The summed E-state index contributed by atoms with van der Waals surface area (Å²) in [5.41, 5.74) is 3.58. The molecule has 0 aliphatic carbocycles. The van der Waals surface area contributed by atoms with E-state index < -0.39 is 0 Å². The van der Waals surface area contributed by atoms with E-state index in [1.54, 1.807) is 0 Å². The predicted molar refractivity (Wildman–Crippen MR) is 84.1 cm³/mol. The van der Waals surface area contributed by atoms with E-state index in [1.807, 2.05) is 12.1 Å². The summed E-state index contributed by atoms with van der Waals surface area (Å²) >= 11 is 3.52. The molecule has 0 aliphatic rings. The quantitative estimate of drug-likeness (QED) is 0.686. The Morgan fingerprint density at radius 3 is 2.75 bits per heavy atom. The van der Waals surface area contributed by atoms with Gasteiger partial charge in [-0.15, -0.1) is 0 Å². The van der Waals surface area contributed by atoms with Crippen molar-refractivity contribution in [2.75, 3.05) is 5.32 Å². The summed E-state index contributed by atoms with van der Waals surface area (Å²) < 4.78 is 3.06. The maximum atomic E-state index is 11.3. The van der Waals surface area contributed by atoms with Crippen molar-refractivity contribution in [2.24, 2.45) is 0 Å². The maximum absolute atomic E-state index is 11.3. The molecule has 2 aromatic heterocycles. The number of nitrogens with zero attached hydrogens (tertiary/aromatic N) is 1. The summed E-state index contributed by atoms with van der Waals surface area (Å²) in [7, 11) is 0. The third-order valence-electron chi connectivity index (χ3n) is 3.26. The largest absolute Gasteiger partial charge is 0.380 e. The van der Waals surface area contributed by atoms with Gasteiger partial charge in [-0.3, -0.25) is 0 Å². The highest BCUT2D eigenvalue weighted by molar-refractivity contribution is 9.10. The summed E-state index contributed by atoms with van der Waals surface area (Å²) in [5.74, 6) is 0. The van der Waals surface area contributed by atoms with Crippen molar-refractivity contribution >= 4 is 32.7 Å². The Balaban J connectivity index is 1.82. The Hall–Kier alpha value is -1.95. The number of nitrogens with one attached hydrogen (secondary N) is 3. The van der Waals surface area contributed by atoms with E-state index in [0.29, 0.717) is 0 Å². The summed E-state index contributed by atoms with van der Waals surface area (Å²) in [5, 5.41) is 3.37. The van der Waals surface area contributed by atoms with Crippen LogP contribution in [0.15, 0.2) is 39.9 Å². The number of fused-ring (bicyclic) bond motifs is 1. The first-order valence-corrected chi connectivity index (χ1v) is 7.25. The number of rotatable bonds is 4. The number of anilines is 1. The standard InChI is InChI=1S/C14H15BrN4O/c1-2-19-4-3-9(8-19)7-16-11-6-13-12(5-10(11)15)17-14(20)18-13/h3-6,8,16H,2,7H2,1H3,(H2,17,18,20). The topological polar surface area (TPSA) is 65.6 Å². The fourth-order valence-corrected chi connectivity index (χ4v) is 2.66. The predicted octanol–water partition coefficient (Wildman–Crippen LogP) is 3.05. The van der Waals surface area contributed by atoms with E-state index in [9.17, 15) is 4.79 Å². The molecular formula is C14H15BrN4O. The molecule has 1 aromatic carbocycles. The molecular weight excluding hydrogens is 320 g/mol. The van der Waals surface area contributed by atoms with Gasteiger partial charge in [-0.05, 0) is 46.6 Å². The average Bonchev–Trinajstić information content (AvgIpc) is 3.01. The number of aromatic amines is 2. The summed E-state index contributed by atoms with van der Waals surface area (Å²) in [4.78, 5) is 16.8. The molecule has 0 bridgehead atoms. The molecule has 0 atom stereocenters. The van der Waals surface area contributed by atoms with Crippen molar-refractivity contribution in [1.82, 2.24) is 14.5 Å². The van der Waals surface area contributed by atoms with Gasteiger partial charge in [0, 0.05) is 30.0 Å². The highest BCUT2D eigenvalue weighted by atomic mass is 79.9. The van der Waals surface area contributed by atoms with Gasteiger partial charge in [0.2, 0.25) is 0 Å². The normalized spacial score (nSPS) is 11.1. The molecule has 3 rings (SSSR count). The molecule has 5 nitrogen and oxygen atoms in total. The fraction of sp³-hybridized carbons (Fsp3) is 0.214. The first-order chi connectivity index (χ1) is 9.65. The lowest BCUT2D eigenvalue weighted by Crippen LogP contribution is -2.00. The molecule has 0 spiro atoms. The van der Waals surface area contributed by atoms with Crippen LogP contribution >= 0.6 is 15.9 Å². The highest BCUT2D eigenvalue weighted by Gasteiger charge is 2.05. The van der Waals surface area contributed by atoms with E-state index in [0.717, 1.165) is 34.3 Å². The molecule has 0 saturated heterocycles. The molecule has 0 amide bonds. The van der Waals surface area contributed by atoms with Crippen LogP contribution in [0, 0.1) is 0 Å². The Morgan fingerprint density at radius 2 is 2.05 bits per heavy atom. The molecule has 0 saturated carbocycles. The minimum atomic E-state index is -0.191. The van der Waals surface area contributed by atoms with Crippen LogP contribution in [0.2, 0.25) is 0 Å². The lowest BCUT2D eigenvalue weighted by Gasteiger charge is -2.07. The van der Waals surface area contributed by atoms with Crippen LogP contribution in [0.25, 0.3) is 11.0 Å². The maximum Gasteiger partial charge on any atom is 0.323 e. The SMILES string of the molecule is CCn1ccc(CNc2cc3[nH]c(=O)[nH]c3cc2Br)c1. The van der Waals surface area contributed by atoms with Crippen molar-refractivity contribution in [3.63, 3.8) is 0 Å². The van der Waals surface area contributed by atoms with Crippen LogP contribution in [0.3, 0.4) is 0 Å². The smallest absolute Gasteiger partial charge is 0.323 e. The van der Waals surface area contributed by atoms with E-state index in [2.05, 4.69) is 61.2 Å². The van der Waals surface area contributed by atoms with Crippen LogP contribution in [0.1, 0.15) is 12.5 Å². The van der Waals surface area contributed by atoms with Gasteiger partial charge in [-0.1, -0.05) is 0 Å². The van der Waals surface area contributed by atoms with Crippen LogP contribution in [-0.4, -0.2) is 14.5 Å². The van der Waals surface area contributed by atoms with Gasteiger partial charge < -0.3 is 19.9 Å². The molecule has 20 heavy (non-hydrogen) atoms. The molecule has 0 fully saturated rings. The van der Waals surface area contributed by atoms with Crippen molar-refractivity contribution in [3.05, 3.63) is 51.1 Å². The second-order valence-electron chi connectivity index (χ2n) is 4.66. The number of hydrogen-bond acceptors (Lipinski definition) is 2. The number of imidazole rings is 1. The van der Waals surface area contributed by atoms with Gasteiger partial charge in [-0.25, -0.2) is 4.79 Å². The van der Waals surface area contributed by atoms with Crippen LogP contribution in [0.4, 0.5) is 5.69 Å². The molecule has 2 heterocycles. The number of benzene rings is 1. The summed E-state index contributed by atoms with van der Waals surface area (Å²) in [6, 6.07) is 5.92. The van der Waals surface area contributed by atoms with Crippen LogP contribution < -0.4 is 11.0 Å². The zero-order valence-electron chi connectivity index (χ0n) is 11.0. The number of aromatic nitrogens is 3. The van der Waals surface area contributed by atoms with E-state index in [1.165, 1.54) is 5.56 Å². The Morgan fingerprint density at radius 1 is 1.30 bits per heavy atom. The number of hydrogen-bond donors (Lipinski definition) is 3. The second kappa shape index (κ2) is 5.20. The van der Waals surface area contributed by atoms with Crippen molar-refractivity contribution in [3.8, 4) is 0 Å². The summed E-state index contributed by atoms with van der Waals surface area (Å²) in [6.07, 6.45) is 4.19. The number of halogens is 1. The zero-order chi connectivity index (χ0) is 14.1. The van der Waals surface area contributed by atoms with Gasteiger partial charge in [0.05, 0.1) is 16.7 Å². The first-order valence-electron chi connectivity index (χ1n) is 6.46. The van der Waals surface area contributed by atoms with E-state index in [-0.39, 0.29) is 5.69 Å². The third-order valence-corrected chi connectivity index (χ3v) is 3.92. The van der Waals surface area contributed by atoms with Crippen molar-refractivity contribution < 1.29 is 0 Å². The molecule has 3 N–H and O–H groups in total. The van der Waals surface area contributed by atoms with Crippen molar-refractivity contribution in [1.29, 1.82) is 0 Å². The Labute approximate surface area is 124 Å². The van der Waals surface area contributed by atoms with Gasteiger partial charge in [0.15, 0.2) is 0 Å². The Bertz CT molecular complexity index is 799. The fourth-order valence-electron chi connectivity index (χ4n) is 2.18. The van der Waals surface area contributed by atoms with Crippen molar-refractivity contribution in [2.45, 2.75) is 20.0 Å². The number of H-pyrrole nitrogens is 2. The zero-order valence-corrected chi connectivity index (χ0v) is 12.6. The average molecular weight is 335 g/mol. The molecule has 3 aromatic rings. The van der Waals surface area contributed by atoms with Gasteiger partial charge >= 0.3 is 5.69 Å². The minimum absolute atomic E-state index is 0.191. The molecule has 0 aliphatic heterocycles. The van der Waals surface area contributed by atoms with E-state index in [4.69, 9.17) is 0 Å². The third kappa shape index (κ3) is 2.51. The monoisotopic (exact) mass is 334 g/mol. The number of aryl methyl sites for hydroxylation is 1. The lowest BCUT2D eigenvalue weighted by atomic mass is 10.2.